The second kappa shape index (κ2) is 4.70. The number of carbonyl (C=O) groups excluding carboxylic acids is 1. The molecule has 2 bridgehead atoms. The summed E-state index contributed by atoms with van der Waals surface area (Å²) in [6.45, 7) is 0. The summed E-state index contributed by atoms with van der Waals surface area (Å²) in [6.07, 6.45) is 11.3. The summed E-state index contributed by atoms with van der Waals surface area (Å²) in [4.78, 5) is 17.0. The van der Waals surface area contributed by atoms with E-state index in [0.29, 0.717) is 17.9 Å². The van der Waals surface area contributed by atoms with Gasteiger partial charge in [0.05, 0.1) is 0 Å². The smallest absolute Gasteiger partial charge is 0.166 e. The predicted molar refractivity (Wildman–Crippen MR) is 76.8 cm³/mol. The highest BCUT2D eigenvalue weighted by atomic mass is 16.1. The first-order chi connectivity index (χ1) is 9.79. The summed E-state index contributed by atoms with van der Waals surface area (Å²) in [5, 5.41) is 3.65. The molecule has 2 fully saturated rings. The van der Waals surface area contributed by atoms with E-state index < -0.39 is 0 Å². The van der Waals surface area contributed by atoms with Gasteiger partial charge in [-0.15, -0.1) is 0 Å². The molecule has 4 rings (SSSR count). The molecule has 2 aromatic rings. The van der Waals surface area contributed by atoms with E-state index in [9.17, 15) is 4.79 Å². The molecule has 4 nitrogen and oxygen atoms in total. The Kier molecular flexibility index (Phi) is 2.84. The number of piperidine rings is 2. The lowest BCUT2D eigenvalue weighted by Crippen LogP contribution is -2.50. The van der Waals surface area contributed by atoms with Gasteiger partial charge in [-0.3, -0.25) is 4.79 Å². The number of imidazole rings is 1. The van der Waals surface area contributed by atoms with Gasteiger partial charge in [0.2, 0.25) is 0 Å². The van der Waals surface area contributed by atoms with Gasteiger partial charge in [-0.05, 0) is 37.8 Å². The molecule has 2 aromatic heterocycles. The molecule has 2 atom stereocenters. The molecule has 0 saturated carbocycles. The van der Waals surface area contributed by atoms with Gasteiger partial charge in [-0.1, -0.05) is 6.42 Å². The van der Waals surface area contributed by atoms with E-state index in [-0.39, 0.29) is 5.92 Å². The maximum absolute atomic E-state index is 12.7. The number of rotatable bonds is 2. The SMILES string of the molecule is O=C(c1ccn2ccnc2c1)C1CC2CCCC(C1)N2. The molecule has 0 spiro atoms. The van der Waals surface area contributed by atoms with Crippen molar-refractivity contribution in [3.63, 3.8) is 0 Å². The third-order valence-corrected chi connectivity index (χ3v) is 4.77. The maximum Gasteiger partial charge on any atom is 0.166 e. The first-order valence-electron chi connectivity index (χ1n) is 7.52. The van der Waals surface area contributed by atoms with Crippen LogP contribution in [-0.2, 0) is 0 Å². The molecule has 0 aliphatic carbocycles. The number of carbonyl (C=O) groups is 1. The molecule has 2 aliphatic rings. The molecule has 1 N–H and O–H groups in total. The molecule has 20 heavy (non-hydrogen) atoms. The van der Waals surface area contributed by atoms with Crippen LogP contribution in [0.3, 0.4) is 0 Å². The van der Waals surface area contributed by atoms with E-state index in [1.165, 1.54) is 19.3 Å². The highest BCUT2D eigenvalue weighted by Gasteiger charge is 2.34. The molecule has 2 unspecified atom stereocenters. The number of nitrogens with zero attached hydrogens (tertiary/aromatic N) is 2. The Balaban J connectivity index is 1.59. The summed E-state index contributed by atoms with van der Waals surface area (Å²) >= 11 is 0. The third-order valence-electron chi connectivity index (χ3n) is 4.77. The van der Waals surface area contributed by atoms with Crippen molar-refractivity contribution >= 4 is 11.4 Å². The summed E-state index contributed by atoms with van der Waals surface area (Å²) in [5.74, 6) is 0.484. The number of hydrogen-bond donors (Lipinski definition) is 1. The van der Waals surface area contributed by atoms with Crippen molar-refractivity contribution < 1.29 is 4.79 Å². The molecule has 2 aliphatic heterocycles. The van der Waals surface area contributed by atoms with E-state index in [2.05, 4.69) is 10.3 Å². The quantitative estimate of drug-likeness (QED) is 0.852. The summed E-state index contributed by atoms with van der Waals surface area (Å²) in [7, 11) is 0. The minimum Gasteiger partial charge on any atom is -0.311 e. The normalized spacial score (nSPS) is 29.5. The first-order valence-corrected chi connectivity index (χ1v) is 7.52. The average Bonchev–Trinajstić information content (AvgIpc) is 2.93. The lowest BCUT2D eigenvalue weighted by atomic mass is 9.77. The van der Waals surface area contributed by atoms with E-state index in [1.807, 2.05) is 28.9 Å². The average molecular weight is 269 g/mol. The van der Waals surface area contributed by atoms with Crippen LogP contribution in [0, 0.1) is 5.92 Å². The fourth-order valence-electron chi connectivity index (χ4n) is 3.78. The monoisotopic (exact) mass is 269 g/mol. The number of ketones is 1. The van der Waals surface area contributed by atoms with Crippen LogP contribution in [0.4, 0.5) is 0 Å². The topological polar surface area (TPSA) is 46.4 Å². The van der Waals surface area contributed by atoms with Crippen LogP contribution in [0.5, 0.6) is 0 Å². The van der Waals surface area contributed by atoms with Crippen LogP contribution in [0.1, 0.15) is 42.5 Å². The van der Waals surface area contributed by atoms with Crippen molar-refractivity contribution in [3.8, 4) is 0 Å². The Morgan fingerprint density at radius 3 is 2.85 bits per heavy atom. The zero-order valence-electron chi connectivity index (χ0n) is 11.5. The van der Waals surface area contributed by atoms with Crippen LogP contribution in [0.25, 0.3) is 5.65 Å². The minimum absolute atomic E-state index is 0.184. The zero-order chi connectivity index (χ0) is 13.5. The van der Waals surface area contributed by atoms with Crippen molar-refractivity contribution in [2.75, 3.05) is 0 Å². The fraction of sp³-hybridized carbons (Fsp3) is 0.500. The first kappa shape index (κ1) is 12.1. The Hall–Kier alpha value is -1.68. The number of Topliss-reactive ketones (excluding diaryl/α,β-unsaturated/α-hetero) is 1. The molecule has 104 valence electrons. The van der Waals surface area contributed by atoms with Crippen LogP contribution in [0.15, 0.2) is 30.7 Å². The predicted octanol–water partition coefficient (Wildman–Crippen LogP) is 2.44. The van der Waals surface area contributed by atoms with Crippen molar-refractivity contribution in [2.24, 2.45) is 5.92 Å². The molecular formula is C16H19N3O. The summed E-state index contributed by atoms with van der Waals surface area (Å²) < 4.78 is 1.94. The van der Waals surface area contributed by atoms with Gasteiger partial charge in [0.15, 0.2) is 5.78 Å². The molecular weight excluding hydrogens is 250 g/mol. The lowest BCUT2D eigenvalue weighted by Gasteiger charge is -2.39. The van der Waals surface area contributed by atoms with Gasteiger partial charge in [-0.25, -0.2) is 4.98 Å². The van der Waals surface area contributed by atoms with Crippen molar-refractivity contribution in [2.45, 2.75) is 44.2 Å². The van der Waals surface area contributed by atoms with E-state index in [4.69, 9.17) is 0 Å². The Morgan fingerprint density at radius 2 is 2.05 bits per heavy atom. The van der Waals surface area contributed by atoms with E-state index in [1.54, 1.807) is 6.20 Å². The van der Waals surface area contributed by atoms with Crippen LogP contribution in [-0.4, -0.2) is 27.3 Å². The fourth-order valence-corrected chi connectivity index (χ4v) is 3.78. The standard InChI is InChI=1S/C16H19N3O/c20-16(11-4-6-19-7-5-17-15(19)10-11)12-8-13-2-1-3-14(9-12)18-13/h4-7,10,12-14,18H,1-3,8-9H2. The van der Waals surface area contributed by atoms with Crippen LogP contribution >= 0.6 is 0 Å². The summed E-state index contributed by atoms with van der Waals surface area (Å²) in [6, 6.07) is 4.94. The molecule has 0 radical (unpaired) electrons. The van der Waals surface area contributed by atoms with Crippen molar-refractivity contribution in [3.05, 3.63) is 36.3 Å². The highest BCUT2D eigenvalue weighted by molar-refractivity contribution is 5.98. The van der Waals surface area contributed by atoms with E-state index >= 15 is 0 Å². The van der Waals surface area contributed by atoms with Crippen LogP contribution in [0.2, 0.25) is 0 Å². The minimum atomic E-state index is 0.184. The molecule has 4 heterocycles. The second-order valence-corrected chi connectivity index (χ2v) is 6.13. The summed E-state index contributed by atoms with van der Waals surface area (Å²) in [5.41, 5.74) is 1.67. The largest absolute Gasteiger partial charge is 0.311 e. The second-order valence-electron chi connectivity index (χ2n) is 6.13. The van der Waals surface area contributed by atoms with Crippen molar-refractivity contribution in [1.29, 1.82) is 0 Å². The Labute approximate surface area is 118 Å². The number of aromatic nitrogens is 2. The van der Waals surface area contributed by atoms with Gasteiger partial charge in [0, 0.05) is 42.2 Å². The number of hydrogen-bond acceptors (Lipinski definition) is 3. The lowest BCUT2D eigenvalue weighted by molar-refractivity contribution is 0.0825. The zero-order valence-corrected chi connectivity index (χ0v) is 11.5. The van der Waals surface area contributed by atoms with E-state index in [0.717, 1.165) is 24.1 Å². The maximum atomic E-state index is 12.7. The number of nitrogens with one attached hydrogen (secondary N) is 1. The highest BCUT2D eigenvalue weighted by Crippen LogP contribution is 2.31. The number of fused-ring (bicyclic) bond motifs is 3. The molecule has 0 amide bonds. The van der Waals surface area contributed by atoms with Gasteiger partial charge >= 0.3 is 0 Å². The van der Waals surface area contributed by atoms with Gasteiger partial charge in [0.25, 0.3) is 0 Å². The Bertz CT molecular complexity index is 636. The molecule has 2 saturated heterocycles. The molecule has 4 heteroatoms. The van der Waals surface area contributed by atoms with Gasteiger partial charge in [0.1, 0.15) is 5.65 Å². The van der Waals surface area contributed by atoms with Gasteiger partial charge < -0.3 is 9.72 Å². The van der Waals surface area contributed by atoms with Crippen molar-refractivity contribution in [1.82, 2.24) is 14.7 Å². The third kappa shape index (κ3) is 2.04. The number of pyridine rings is 1. The van der Waals surface area contributed by atoms with Gasteiger partial charge in [-0.2, -0.15) is 0 Å². The molecule has 0 aromatic carbocycles. The Morgan fingerprint density at radius 1 is 1.25 bits per heavy atom. The van der Waals surface area contributed by atoms with Crippen LogP contribution < -0.4 is 5.32 Å².